The number of nitrogens with one attached hydrogen (secondary N) is 2. The minimum absolute atomic E-state index is 0.150. The smallest absolute Gasteiger partial charge is 0.306 e. The number of aromatic amines is 2. The van der Waals surface area contributed by atoms with Gasteiger partial charge in [-0.15, -0.1) is 0 Å². The van der Waals surface area contributed by atoms with Crippen molar-refractivity contribution in [3.05, 3.63) is 72.1 Å². The van der Waals surface area contributed by atoms with Crippen molar-refractivity contribution in [2.75, 3.05) is 0 Å². The molecule has 4 rings (SSSR count). The molecule has 6 heteroatoms. The zero-order valence-corrected chi connectivity index (χ0v) is 19.5. The quantitative estimate of drug-likeness (QED) is 0.175. The first-order chi connectivity index (χ1) is 16.7. The molecule has 0 bridgehead atoms. The van der Waals surface area contributed by atoms with Gasteiger partial charge in [0.2, 0.25) is 0 Å². The average Bonchev–Trinajstić information content (AvgIpc) is 3.47. The molecular weight excluding hydrogens is 428 g/mol. The second-order valence-electron chi connectivity index (χ2n) is 8.66. The lowest BCUT2D eigenvalue weighted by atomic mass is 10.1. The van der Waals surface area contributed by atoms with Crippen LogP contribution < -0.4 is 0 Å². The Morgan fingerprint density at radius 1 is 0.588 bits per heavy atom. The van der Waals surface area contributed by atoms with Gasteiger partial charge in [-0.3, -0.25) is 9.59 Å². The molecule has 0 radical (unpaired) electrons. The van der Waals surface area contributed by atoms with Gasteiger partial charge < -0.3 is 19.4 Å². The molecule has 6 nitrogen and oxygen atoms in total. The summed E-state index contributed by atoms with van der Waals surface area (Å²) in [6, 6.07) is 16.0. The lowest BCUT2D eigenvalue weighted by Gasteiger charge is -2.05. The Kier molecular flexibility index (Phi) is 8.38. The highest BCUT2D eigenvalue weighted by atomic mass is 16.5. The molecular formula is C28H32N2O4. The molecule has 2 heterocycles. The highest BCUT2D eigenvalue weighted by Crippen LogP contribution is 2.20. The van der Waals surface area contributed by atoms with E-state index in [1.54, 1.807) is 0 Å². The molecule has 0 amide bonds. The number of hydrogen-bond acceptors (Lipinski definition) is 4. The van der Waals surface area contributed by atoms with Crippen molar-refractivity contribution < 1.29 is 19.1 Å². The number of unbranched alkanes of at least 4 members (excludes halogenated alkanes) is 5. The second-order valence-corrected chi connectivity index (χ2v) is 8.66. The van der Waals surface area contributed by atoms with E-state index >= 15 is 0 Å². The van der Waals surface area contributed by atoms with Crippen LogP contribution in [0.3, 0.4) is 0 Å². The summed E-state index contributed by atoms with van der Waals surface area (Å²) in [4.78, 5) is 30.4. The molecule has 0 unspecified atom stereocenters. The Labute approximate surface area is 199 Å². The van der Waals surface area contributed by atoms with Gasteiger partial charge in [0, 0.05) is 58.2 Å². The summed E-state index contributed by atoms with van der Waals surface area (Å²) in [5, 5.41) is 2.19. The minimum atomic E-state index is -0.150. The molecule has 0 spiro atoms. The zero-order chi connectivity index (χ0) is 23.6. The van der Waals surface area contributed by atoms with Crippen LogP contribution in [0.1, 0.15) is 62.5 Å². The predicted molar refractivity (Wildman–Crippen MR) is 133 cm³/mol. The maximum absolute atomic E-state index is 12.0. The van der Waals surface area contributed by atoms with E-state index in [1.165, 1.54) is 0 Å². The lowest BCUT2D eigenvalue weighted by molar-refractivity contribution is -0.146. The lowest BCUT2D eigenvalue weighted by Crippen LogP contribution is -2.04. The topological polar surface area (TPSA) is 84.2 Å². The number of esters is 2. The summed E-state index contributed by atoms with van der Waals surface area (Å²) < 4.78 is 10.9. The van der Waals surface area contributed by atoms with Gasteiger partial charge in [0.15, 0.2) is 0 Å². The number of rotatable bonds is 13. The van der Waals surface area contributed by atoms with Crippen LogP contribution >= 0.6 is 0 Å². The van der Waals surface area contributed by atoms with Crippen LogP contribution in [0.4, 0.5) is 0 Å². The van der Waals surface area contributed by atoms with Gasteiger partial charge in [-0.2, -0.15) is 0 Å². The van der Waals surface area contributed by atoms with Gasteiger partial charge in [-0.05, 0) is 25.0 Å². The number of hydrogen-bond donors (Lipinski definition) is 2. The molecule has 34 heavy (non-hydrogen) atoms. The maximum atomic E-state index is 12.0. The van der Waals surface area contributed by atoms with Gasteiger partial charge in [0.25, 0.3) is 0 Å². The van der Waals surface area contributed by atoms with Crippen LogP contribution in [0.2, 0.25) is 0 Å². The number of benzene rings is 2. The molecule has 0 fully saturated rings. The van der Waals surface area contributed by atoms with Crippen molar-refractivity contribution in [2.24, 2.45) is 0 Å². The van der Waals surface area contributed by atoms with Crippen molar-refractivity contribution in [1.29, 1.82) is 0 Å². The fraction of sp³-hybridized carbons (Fsp3) is 0.357. The molecule has 0 aliphatic carbocycles. The Morgan fingerprint density at radius 2 is 1.00 bits per heavy atom. The number of carbonyl (C=O) groups is 2. The first kappa shape index (κ1) is 23.6. The van der Waals surface area contributed by atoms with Gasteiger partial charge in [-0.1, -0.05) is 62.1 Å². The molecule has 2 aromatic heterocycles. The first-order valence-electron chi connectivity index (χ1n) is 12.1. The van der Waals surface area contributed by atoms with E-state index in [0.717, 1.165) is 71.5 Å². The van der Waals surface area contributed by atoms with Crippen molar-refractivity contribution in [3.63, 3.8) is 0 Å². The summed E-state index contributed by atoms with van der Waals surface area (Å²) in [6.45, 7) is 0.610. The summed E-state index contributed by atoms with van der Waals surface area (Å²) in [7, 11) is 0. The number of carbonyl (C=O) groups excluding carboxylic acids is 2. The van der Waals surface area contributed by atoms with Gasteiger partial charge in [0.05, 0.1) is 0 Å². The third-order valence-corrected chi connectivity index (χ3v) is 6.14. The van der Waals surface area contributed by atoms with E-state index in [-0.39, 0.29) is 11.9 Å². The fourth-order valence-corrected chi connectivity index (χ4v) is 4.21. The Hall–Kier alpha value is -3.54. The predicted octanol–water partition coefficient (Wildman–Crippen LogP) is 6.56. The molecule has 2 N–H and O–H groups in total. The first-order valence-corrected chi connectivity index (χ1v) is 12.1. The van der Waals surface area contributed by atoms with Crippen LogP contribution in [0.5, 0.6) is 0 Å². The molecule has 0 aliphatic rings. The Balaban J connectivity index is 1.01. The summed E-state index contributed by atoms with van der Waals surface area (Å²) >= 11 is 0. The van der Waals surface area contributed by atoms with Crippen LogP contribution in [0.25, 0.3) is 21.8 Å². The second kappa shape index (κ2) is 12.1. The van der Waals surface area contributed by atoms with E-state index in [0.29, 0.717) is 26.1 Å². The molecule has 0 atom stereocenters. The number of ether oxygens (including phenoxy) is 2. The molecule has 0 saturated heterocycles. The van der Waals surface area contributed by atoms with E-state index < -0.39 is 0 Å². The SMILES string of the molecule is O=C(CCCCCCCCC(=O)OCc1c[nH]c2ccccc12)OCc1c[nH]c2ccccc12. The molecule has 2 aromatic carbocycles. The van der Waals surface area contributed by atoms with Gasteiger partial charge in [0.1, 0.15) is 13.2 Å². The monoisotopic (exact) mass is 460 g/mol. The largest absolute Gasteiger partial charge is 0.461 e. The van der Waals surface area contributed by atoms with Crippen molar-refractivity contribution in [1.82, 2.24) is 9.97 Å². The number of H-pyrrole nitrogens is 2. The normalized spacial score (nSPS) is 11.2. The maximum Gasteiger partial charge on any atom is 0.306 e. The summed E-state index contributed by atoms with van der Waals surface area (Å²) in [5.41, 5.74) is 4.11. The summed E-state index contributed by atoms with van der Waals surface area (Å²) in [6.07, 6.45) is 10.5. The molecule has 178 valence electrons. The van der Waals surface area contributed by atoms with Crippen LogP contribution in [-0.2, 0) is 32.3 Å². The number of fused-ring (bicyclic) bond motifs is 2. The van der Waals surface area contributed by atoms with E-state index in [9.17, 15) is 9.59 Å². The molecule has 0 aliphatic heterocycles. The average molecular weight is 461 g/mol. The van der Waals surface area contributed by atoms with Crippen molar-refractivity contribution >= 4 is 33.7 Å². The summed E-state index contributed by atoms with van der Waals surface area (Å²) in [5.74, 6) is -0.300. The van der Waals surface area contributed by atoms with Crippen LogP contribution in [0, 0.1) is 0 Å². The third-order valence-electron chi connectivity index (χ3n) is 6.14. The van der Waals surface area contributed by atoms with Crippen molar-refractivity contribution in [2.45, 2.75) is 64.6 Å². The van der Waals surface area contributed by atoms with Crippen LogP contribution in [0.15, 0.2) is 60.9 Å². The molecule has 4 aromatic rings. The standard InChI is InChI=1S/C28H32N2O4/c31-27(33-19-21-17-29-25-13-9-7-11-23(21)25)15-5-3-1-2-4-6-16-28(32)34-20-22-18-30-26-14-10-8-12-24(22)26/h7-14,17-18,29-30H,1-6,15-16,19-20H2. The number of para-hydroxylation sites is 2. The van der Waals surface area contributed by atoms with Gasteiger partial charge in [-0.25, -0.2) is 0 Å². The van der Waals surface area contributed by atoms with Crippen molar-refractivity contribution in [3.8, 4) is 0 Å². The van der Waals surface area contributed by atoms with Gasteiger partial charge >= 0.3 is 11.9 Å². The van der Waals surface area contributed by atoms with E-state index in [1.807, 2.05) is 60.9 Å². The zero-order valence-electron chi connectivity index (χ0n) is 19.5. The highest BCUT2D eigenvalue weighted by Gasteiger charge is 2.09. The highest BCUT2D eigenvalue weighted by molar-refractivity contribution is 5.84. The Bertz CT molecular complexity index is 1130. The molecule has 0 saturated carbocycles. The Morgan fingerprint density at radius 3 is 1.47 bits per heavy atom. The third kappa shape index (κ3) is 6.50. The van der Waals surface area contributed by atoms with E-state index in [4.69, 9.17) is 9.47 Å². The van der Waals surface area contributed by atoms with E-state index in [2.05, 4.69) is 9.97 Å². The fourth-order valence-electron chi connectivity index (χ4n) is 4.21. The van der Waals surface area contributed by atoms with Crippen LogP contribution in [-0.4, -0.2) is 21.9 Å². The number of aromatic nitrogens is 2. The minimum Gasteiger partial charge on any atom is -0.461 e.